The highest BCUT2D eigenvalue weighted by Gasteiger charge is 2.47. The highest BCUT2D eigenvalue weighted by atomic mass is 35.5. The molecule has 0 bridgehead atoms. The van der Waals surface area contributed by atoms with E-state index < -0.39 is 62.8 Å². The number of aliphatic hydroxyl groups excluding tert-OH is 1. The second-order valence-corrected chi connectivity index (χ2v) is 14.1. The lowest BCUT2D eigenvalue weighted by Crippen LogP contribution is -2.37. The van der Waals surface area contributed by atoms with Crippen molar-refractivity contribution >= 4 is 42.2 Å². The maximum atomic E-state index is 15.7. The molecule has 12 nitrogen and oxygen atoms in total. The molecule has 2 aromatic heterocycles. The Bertz CT molecular complexity index is 1800. The van der Waals surface area contributed by atoms with Crippen LogP contribution >= 0.6 is 19.3 Å². The summed E-state index contributed by atoms with van der Waals surface area (Å²) in [4.78, 5) is 21.3. The van der Waals surface area contributed by atoms with Crippen LogP contribution in [0, 0.1) is 11.7 Å². The summed E-state index contributed by atoms with van der Waals surface area (Å²) in [5.74, 6) is -0.415. The Balaban J connectivity index is 1.32. The van der Waals surface area contributed by atoms with Crippen molar-refractivity contribution in [2.24, 2.45) is 5.92 Å². The molecule has 3 unspecified atom stereocenters. The number of aliphatic hydroxyl groups is 1. The topological polar surface area (TPSA) is 146 Å². The monoisotopic (exact) mass is 735 g/mol. The van der Waals surface area contributed by atoms with Gasteiger partial charge in [-0.2, -0.15) is 10.1 Å². The SMILES string of the molecule is CCC(CC)COC(=O)[C@H](C)NP(=O)(OC[C@H]1O[C@@H](n2ccc3c(N[C@@H](C)c4ccccc4F)nc(Cl)nc32)C(F)C1O)Oc1ccccc1. The fourth-order valence-electron chi connectivity index (χ4n) is 5.52. The molecule has 1 aliphatic heterocycles. The highest BCUT2D eigenvalue weighted by Crippen LogP contribution is 2.46. The van der Waals surface area contributed by atoms with Gasteiger partial charge in [-0.3, -0.25) is 9.32 Å². The van der Waals surface area contributed by atoms with Crippen molar-refractivity contribution in [3.05, 3.63) is 83.5 Å². The van der Waals surface area contributed by atoms with E-state index in [4.69, 9.17) is 30.1 Å². The van der Waals surface area contributed by atoms with Crippen molar-refractivity contribution in [3.63, 3.8) is 0 Å². The fraction of sp³-hybridized carbons (Fsp3) is 0.441. The first-order chi connectivity index (χ1) is 23.9. The molecule has 16 heteroatoms. The number of benzene rings is 2. The molecule has 3 heterocycles. The van der Waals surface area contributed by atoms with E-state index in [1.165, 1.54) is 23.8 Å². The summed E-state index contributed by atoms with van der Waals surface area (Å²) in [5.41, 5.74) is 0.592. The van der Waals surface area contributed by atoms with Crippen LogP contribution in [0.4, 0.5) is 14.6 Å². The van der Waals surface area contributed by atoms with Crippen molar-refractivity contribution < 1.29 is 41.8 Å². The zero-order valence-corrected chi connectivity index (χ0v) is 29.7. The van der Waals surface area contributed by atoms with Gasteiger partial charge in [0.2, 0.25) is 5.28 Å². The van der Waals surface area contributed by atoms with Crippen molar-refractivity contribution in [3.8, 4) is 5.75 Å². The standard InChI is InChI=1S/C34H41ClF2N5O7P/c1-5-22(6-2)18-46-33(44)21(4)41-50(45,49-23-12-8-7-9-13-23)47-19-27-29(43)28(37)32(48-27)42-17-16-25-30(39-34(35)40-31(25)42)38-20(3)24-14-10-11-15-26(24)36/h7-17,20-22,27-29,32,43H,5-6,18-19H2,1-4H3,(H,41,45)(H,38,39,40)/t20-,21-,27+,28?,29?,32+,50?/m0/s1. The van der Waals surface area contributed by atoms with Crippen LogP contribution in [0.1, 0.15) is 58.4 Å². The van der Waals surface area contributed by atoms with Gasteiger partial charge in [-0.15, -0.1) is 0 Å². The maximum Gasteiger partial charge on any atom is 0.459 e. The first kappa shape index (κ1) is 37.6. The van der Waals surface area contributed by atoms with Gasteiger partial charge in [0, 0.05) is 11.8 Å². The number of para-hydroxylation sites is 1. The Labute approximate surface area is 294 Å². The first-order valence-corrected chi connectivity index (χ1v) is 18.3. The molecule has 1 aliphatic rings. The molecule has 50 heavy (non-hydrogen) atoms. The number of fused-ring (bicyclic) bond motifs is 1. The molecule has 0 amide bonds. The van der Waals surface area contributed by atoms with E-state index in [1.54, 1.807) is 61.5 Å². The number of esters is 1. The molecule has 3 N–H and O–H groups in total. The van der Waals surface area contributed by atoms with Gasteiger partial charge in [0.15, 0.2) is 12.4 Å². The van der Waals surface area contributed by atoms with E-state index in [2.05, 4.69) is 20.4 Å². The van der Waals surface area contributed by atoms with Crippen LogP contribution in [0.25, 0.3) is 11.0 Å². The number of nitrogens with zero attached hydrogens (tertiary/aromatic N) is 3. The summed E-state index contributed by atoms with van der Waals surface area (Å²) in [6.07, 6.45) is -3.21. The Morgan fingerprint density at radius 2 is 1.80 bits per heavy atom. The highest BCUT2D eigenvalue weighted by molar-refractivity contribution is 7.52. The minimum Gasteiger partial charge on any atom is -0.464 e. The second kappa shape index (κ2) is 16.6. The summed E-state index contributed by atoms with van der Waals surface area (Å²) in [6.45, 7) is 6.83. The molecule has 0 saturated carbocycles. The van der Waals surface area contributed by atoms with Crippen molar-refractivity contribution in [2.45, 2.75) is 77.2 Å². The van der Waals surface area contributed by atoms with Gasteiger partial charge in [-0.25, -0.2) is 18.3 Å². The molecule has 1 saturated heterocycles. The Morgan fingerprint density at radius 1 is 1.10 bits per heavy atom. The van der Waals surface area contributed by atoms with Gasteiger partial charge in [0.1, 0.15) is 41.3 Å². The van der Waals surface area contributed by atoms with E-state index in [0.717, 1.165) is 12.8 Å². The van der Waals surface area contributed by atoms with Crippen LogP contribution < -0.4 is 14.9 Å². The molecule has 0 spiro atoms. The van der Waals surface area contributed by atoms with E-state index in [9.17, 15) is 18.9 Å². The number of anilines is 1. The van der Waals surface area contributed by atoms with E-state index >= 15 is 4.39 Å². The average molecular weight is 736 g/mol. The van der Waals surface area contributed by atoms with Gasteiger partial charge in [0.25, 0.3) is 0 Å². The number of ether oxygens (including phenoxy) is 2. The summed E-state index contributed by atoms with van der Waals surface area (Å²) >= 11 is 6.26. The molecule has 1 fully saturated rings. The van der Waals surface area contributed by atoms with Crippen LogP contribution in [0.3, 0.4) is 0 Å². The summed E-state index contributed by atoms with van der Waals surface area (Å²) < 4.78 is 68.2. The lowest BCUT2D eigenvalue weighted by molar-refractivity contribution is -0.146. The summed E-state index contributed by atoms with van der Waals surface area (Å²) in [6, 6.07) is 14.5. The number of halogens is 3. The molecular weight excluding hydrogens is 695 g/mol. The van der Waals surface area contributed by atoms with Crippen LogP contribution in [0.5, 0.6) is 5.75 Å². The van der Waals surface area contributed by atoms with Gasteiger partial charge >= 0.3 is 13.7 Å². The number of hydrogen-bond donors (Lipinski definition) is 3. The smallest absolute Gasteiger partial charge is 0.459 e. The Kier molecular flexibility index (Phi) is 12.5. The number of aromatic nitrogens is 3. The zero-order chi connectivity index (χ0) is 36.0. The molecule has 7 atom stereocenters. The van der Waals surface area contributed by atoms with E-state index in [1.807, 2.05) is 13.8 Å². The molecule has 0 aliphatic carbocycles. The normalized spacial score (nSPS) is 21.5. The van der Waals surface area contributed by atoms with Crippen LogP contribution in [0.15, 0.2) is 66.9 Å². The maximum absolute atomic E-state index is 15.7. The predicted molar refractivity (Wildman–Crippen MR) is 184 cm³/mol. The van der Waals surface area contributed by atoms with Crippen LogP contribution in [0.2, 0.25) is 5.28 Å². The summed E-state index contributed by atoms with van der Waals surface area (Å²) in [7, 11) is -4.33. The molecule has 2 aromatic carbocycles. The van der Waals surface area contributed by atoms with Gasteiger partial charge in [0.05, 0.1) is 24.6 Å². The molecular formula is C34H41ClF2N5O7P. The fourth-order valence-corrected chi connectivity index (χ4v) is 7.18. The molecule has 4 aromatic rings. The largest absolute Gasteiger partial charge is 0.464 e. The quantitative estimate of drug-likeness (QED) is 0.0612. The third-order valence-electron chi connectivity index (χ3n) is 8.54. The van der Waals surface area contributed by atoms with E-state index in [-0.39, 0.29) is 35.0 Å². The number of carbonyl (C=O) groups excluding carboxylic acids is 1. The lowest BCUT2D eigenvalue weighted by Gasteiger charge is -2.25. The first-order valence-electron chi connectivity index (χ1n) is 16.4. The zero-order valence-electron chi connectivity index (χ0n) is 28.0. The number of alkyl halides is 1. The third kappa shape index (κ3) is 8.79. The van der Waals surface area contributed by atoms with Gasteiger partial charge in [-0.1, -0.05) is 63.1 Å². The van der Waals surface area contributed by atoms with Gasteiger partial charge < -0.3 is 29.0 Å². The van der Waals surface area contributed by atoms with Crippen molar-refractivity contribution in [2.75, 3.05) is 18.5 Å². The van der Waals surface area contributed by atoms with Crippen molar-refractivity contribution in [1.82, 2.24) is 19.6 Å². The second-order valence-electron chi connectivity index (χ2n) is 12.1. The number of carbonyl (C=O) groups is 1. The number of rotatable bonds is 16. The number of nitrogens with one attached hydrogen (secondary N) is 2. The average Bonchev–Trinajstić information content (AvgIpc) is 3.64. The Hall–Kier alpha value is -3.65. The minimum atomic E-state index is -4.33. The van der Waals surface area contributed by atoms with Crippen molar-refractivity contribution in [1.29, 1.82) is 0 Å². The molecule has 5 rings (SSSR count). The molecule has 0 radical (unpaired) electrons. The molecule has 270 valence electrons. The minimum absolute atomic E-state index is 0.160. The third-order valence-corrected chi connectivity index (χ3v) is 10.3. The number of hydrogen-bond acceptors (Lipinski definition) is 10. The van der Waals surface area contributed by atoms with Crippen LogP contribution in [-0.2, 0) is 23.4 Å². The lowest BCUT2D eigenvalue weighted by atomic mass is 10.1. The van der Waals surface area contributed by atoms with Crippen LogP contribution in [-0.4, -0.2) is 63.2 Å². The summed E-state index contributed by atoms with van der Waals surface area (Å²) in [5, 5.41) is 16.9. The Morgan fingerprint density at radius 3 is 2.50 bits per heavy atom. The van der Waals surface area contributed by atoms with E-state index in [0.29, 0.717) is 10.9 Å². The predicted octanol–water partition coefficient (Wildman–Crippen LogP) is 7.15. The van der Waals surface area contributed by atoms with Gasteiger partial charge in [-0.05, 0) is 55.6 Å².